The Morgan fingerprint density at radius 2 is 2.14 bits per heavy atom. The number of thiazole rings is 1. The Morgan fingerprint density at radius 3 is 2.90 bits per heavy atom. The van der Waals surface area contributed by atoms with Crippen molar-refractivity contribution in [1.29, 1.82) is 0 Å². The highest BCUT2D eigenvalue weighted by Gasteiger charge is 2.23. The van der Waals surface area contributed by atoms with E-state index >= 15 is 0 Å². The monoisotopic (exact) mass is 302 g/mol. The van der Waals surface area contributed by atoms with Crippen LogP contribution in [0.4, 0.5) is 0 Å². The first kappa shape index (κ1) is 14.7. The Bertz CT molecular complexity index is 609. The van der Waals surface area contributed by atoms with E-state index < -0.39 is 0 Å². The van der Waals surface area contributed by atoms with Crippen LogP contribution in [0.3, 0.4) is 0 Å². The molecule has 21 heavy (non-hydrogen) atoms. The van der Waals surface area contributed by atoms with Crippen LogP contribution in [0.5, 0.6) is 0 Å². The second-order valence-electron chi connectivity index (χ2n) is 5.52. The average molecular weight is 302 g/mol. The van der Waals surface area contributed by atoms with E-state index in [9.17, 15) is 5.11 Å². The molecule has 4 heteroatoms. The molecule has 1 heterocycles. The summed E-state index contributed by atoms with van der Waals surface area (Å²) in [4.78, 5) is 6.18. The Morgan fingerprint density at radius 1 is 1.33 bits per heavy atom. The Balaban J connectivity index is 1.73. The van der Waals surface area contributed by atoms with Crippen LogP contribution >= 0.6 is 11.3 Å². The fraction of sp³-hybridized carbons (Fsp3) is 0.471. The van der Waals surface area contributed by atoms with Crippen LogP contribution in [-0.2, 0) is 26.0 Å². The number of hydrogen-bond acceptors (Lipinski definition) is 4. The van der Waals surface area contributed by atoms with Crippen LogP contribution in [-0.4, -0.2) is 10.1 Å². The van der Waals surface area contributed by atoms with Crippen molar-refractivity contribution < 1.29 is 5.11 Å². The third-order valence-corrected chi connectivity index (χ3v) is 5.48. The van der Waals surface area contributed by atoms with E-state index in [1.807, 2.05) is 29.5 Å². The van der Waals surface area contributed by atoms with E-state index in [2.05, 4.69) is 18.3 Å². The van der Waals surface area contributed by atoms with Gasteiger partial charge in [-0.2, -0.15) is 0 Å². The van der Waals surface area contributed by atoms with Crippen molar-refractivity contribution in [3.63, 3.8) is 0 Å². The summed E-state index contributed by atoms with van der Waals surface area (Å²) in [6, 6.07) is 8.50. The topological polar surface area (TPSA) is 45.2 Å². The Kier molecular flexibility index (Phi) is 4.68. The highest BCUT2D eigenvalue weighted by molar-refractivity contribution is 7.11. The standard InChI is InChI=1S/C17H22N2OS/c1-2-16-19-15-9-5-8-14(17(15)21-16)18-10-12-6-3-4-7-13(12)11-20/h3-4,6-7,14,18,20H,2,5,8-11H2,1H3. The number of nitrogens with one attached hydrogen (secondary N) is 1. The number of hydrogen-bond donors (Lipinski definition) is 2. The summed E-state index contributed by atoms with van der Waals surface area (Å²) >= 11 is 1.87. The summed E-state index contributed by atoms with van der Waals surface area (Å²) in [5, 5.41) is 14.3. The Hall–Kier alpha value is -1.23. The van der Waals surface area contributed by atoms with Crippen LogP contribution in [0.25, 0.3) is 0 Å². The van der Waals surface area contributed by atoms with E-state index in [1.54, 1.807) is 0 Å². The lowest BCUT2D eigenvalue weighted by atomic mass is 9.97. The van der Waals surface area contributed by atoms with Crippen LogP contribution in [0.15, 0.2) is 24.3 Å². The lowest BCUT2D eigenvalue weighted by Crippen LogP contribution is -2.24. The van der Waals surface area contributed by atoms with Crippen molar-refractivity contribution in [3.8, 4) is 0 Å². The molecule has 1 unspecified atom stereocenters. The molecular formula is C17H22N2OS. The second kappa shape index (κ2) is 6.69. The largest absolute Gasteiger partial charge is 0.392 e. The molecule has 3 nitrogen and oxygen atoms in total. The molecule has 2 N–H and O–H groups in total. The molecule has 2 aromatic rings. The molecule has 0 saturated carbocycles. The van der Waals surface area contributed by atoms with Gasteiger partial charge >= 0.3 is 0 Å². The lowest BCUT2D eigenvalue weighted by molar-refractivity contribution is 0.280. The molecule has 112 valence electrons. The molecule has 0 amide bonds. The zero-order valence-electron chi connectivity index (χ0n) is 12.4. The molecule has 0 saturated heterocycles. The van der Waals surface area contributed by atoms with Crippen LogP contribution in [0, 0.1) is 0 Å². The van der Waals surface area contributed by atoms with Gasteiger partial charge in [-0.25, -0.2) is 4.98 Å². The summed E-state index contributed by atoms with van der Waals surface area (Å²) in [5.74, 6) is 0. The zero-order chi connectivity index (χ0) is 14.7. The van der Waals surface area contributed by atoms with Crippen molar-refractivity contribution in [3.05, 3.63) is 51.0 Å². The molecule has 1 aromatic heterocycles. The van der Waals surface area contributed by atoms with Crippen LogP contribution < -0.4 is 5.32 Å². The number of nitrogens with zero attached hydrogens (tertiary/aromatic N) is 1. The number of aromatic nitrogens is 1. The molecule has 0 radical (unpaired) electrons. The summed E-state index contributed by atoms with van der Waals surface area (Å²) in [7, 11) is 0. The molecular weight excluding hydrogens is 280 g/mol. The van der Waals surface area contributed by atoms with Gasteiger partial charge in [-0.3, -0.25) is 0 Å². The minimum Gasteiger partial charge on any atom is -0.392 e. The van der Waals surface area contributed by atoms with Crippen molar-refractivity contribution >= 4 is 11.3 Å². The van der Waals surface area contributed by atoms with Gasteiger partial charge in [0, 0.05) is 17.5 Å². The lowest BCUT2D eigenvalue weighted by Gasteiger charge is -2.23. The molecule has 1 aliphatic carbocycles. The van der Waals surface area contributed by atoms with E-state index in [4.69, 9.17) is 4.98 Å². The number of aryl methyl sites for hydroxylation is 2. The van der Waals surface area contributed by atoms with Gasteiger partial charge < -0.3 is 10.4 Å². The first-order valence-corrected chi connectivity index (χ1v) is 8.53. The smallest absolute Gasteiger partial charge is 0.0928 e. The summed E-state index contributed by atoms with van der Waals surface area (Å²) in [5.41, 5.74) is 3.50. The maximum Gasteiger partial charge on any atom is 0.0928 e. The third-order valence-electron chi connectivity index (χ3n) is 4.12. The fourth-order valence-electron chi connectivity index (χ4n) is 2.93. The fourth-order valence-corrected chi connectivity index (χ4v) is 4.10. The van der Waals surface area contributed by atoms with Gasteiger partial charge in [-0.05, 0) is 36.8 Å². The molecule has 1 aromatic carbocycles. The maximum atomic E-state index is 9.41. The normalized spacial score (nSPS) is 17.7. The highest BCUT2D eigenvalue weighted by atomic mass is 32.1. The van der Waals surface area contributed by atoms with E-state index in [0.29, 0.717) is 6.04 Å². The van der Waals surface area contributed by atoms with Gasteiger partial charge in [0.05, 0.1) is 17.3 Å². The number of aliphatic hydroxyl groups excluding tert-OH is 1. The number of benzene rings is 1. The van der Waals surface area contributed by atoms with Crippen molar-refractivity contribution in [2.24, 2.45) is 0 Å². The van der Waals surface area contributed by atoms with Gasteiger partial charge in [0.2, 0.25) is 0 Å². The molecule has 1 atom stereocenters. The van der Waals surface area contributed by atoms with Gasteiger partial charge in [-0.15, -0.1) is 11.3 Å². The quantitative estimate of drug-likeness (QED) is 0.890. The number of fused-ring (bicyclic) bond motifs is 1. The van der Waals surface area contributed by atoms with Crippen molar-refractivity contribution in [1.82, 2.24) is 10.3 Å². The van der Waals surface area contributed by atoms with Crippen molar-refractivity contribution in [2.75, 3.05) is 0 Å². The van der Waals surface area contributed by atoms with Gasteiger partial charge in [0.15, 0.2) is 0 Å². The SMILES string of the molecule is CCc1nc2c(s1)C(NCc1ccccc1CO)CCC2. The minimum absolute atomic E-state index is 0.105. The first-order valence-electron chi connectivity index (χ1n) is 7.71. The van der Waals surface area contributed by atoms with Gasteiger partial charge in [0.1, 0.15) is 0 Å². The molecule has 0 spiro atoms. The summed E-state index contributed by atoms with van der Waals surface area (Å²) < 4.78 is 0. The molecule has 0 fully saturated rings. The van der Waals surface area contributed by atoms with Crippen molar-refractivity contribution in [2.45, 2.75) is 51.8 Å². The molecule has 1 aliphatic rings. The van der Waals surface area contributed by atoms with E-state index in [-0.39, 0.29) is 6.61 Å². The van der Waals surface area contributed by atoms with Crippen LogP contribution in [0.1, 0.15) is 52.5 Å². The van der Waals surface area contributed by atoms with E-state index in [1.165, 1.54) is 34.0 Å². The third kappa shape index (κ3) is 3.18. The molecule has 3 rings (SSSR count). The first-order chi connectivity index (χ1) is 10.3. The number of rotatable bonds is 5. The predicted molar refractivity (Wildman–Crippen MR) is 86.4 cm³/mol. The molecule has 0 aliphatic heterocycles. The maximum absolute atomic E-state index is 9.41. The summed E-state index contributed by atoms with van der Waals surface area (Å²) in [6.07, 6.45) is 4.54. The highest BCUT2D eigenvalue weighted by Crippen LogP contribution is 2.34. The van der Waals surface area contributed by atoms with Crippen LogP contribution in [0.2, 0.25) is 0 Å². The van der Waals surface area contributed by atoms with Gasteiger partial charge in [-0.1, -0.05) is 31.2 Å². The second-order valence-corrected chi connectivity index (χ2v) is 6.64. The minimum atomic E-state index is 0.105. The average Bonchev–Trinajstić information content (AvgIpc) is 2.97. The zero-order valence-corrected chi connectivity index (χ0v) is 13.2. The van der Waals surface area contributed by atoms with E-state index in [0.717, 1.165) is 24.9 Å². The predicted octanol–water partition coefficient (Wildman–Crippen LogP) is 3.37. The summed E-state index contributed by atoms with van der Waals surface area (Å²) in [6.45, 7) is 3.08. The molecule has 0 bridgehead atoms. The van der Waals surface area contributed by atoms with Gasteiger partial charge in [0.25, 0.3) is 0 Å². The number of aliphatic hydroxyl groups is 1. The Labute approximate surface area is 130 Å².